The number of nitrogens with zero attached hydrogens (tertiary/aromatic N) is 1. The lowest BCUT2D eigenvalue weighted by Gasteiger charge is -2.35. The molecule has 0 aliphatic heterocycles. The maximum atomic E-state index is 3.32. The van der Waals surface area contributed by atoms with E-state index >= 15 is 0 Å². The molecule has 2 nitrogen and oxygen atoms in total. The molecule has 0 heterocycles. The zero-order chi connectivity index (χ0) is 12.7. The number of hydrogen-bond acceptors (Lipinski definition) is 2. The van der Waals surface area contributed by atoms with Crippen molar-refractivity contribution in [3.05, 3.63) is 35.9 Å². The largest absolute Gasteiger partial charge is 0.318 e. The van der Waals surface area contributed by atoms with E-state index in [4.69, 9.17) is 0 Å². The van der Waals surface area contributed by atoms with Crippen LogP contribution in [0, 0.1) is 0 Å². The van der Waals surface area contributed by atoms with Crippen molar-refractivity contribution in [1.82, 2.24) is 10.2 Å². The van der Waals surface area contributed by atoms with Gasteiger partial charge in [-0.05, 0) is 39.4 Å². The predicted octanol–water partition coefficient (Wildman–Crippen LogP) is 3.07. The van der Waals surface area contributed by atoms with Gasteiger partial charge in [0.1, 0.15) is 0 Å². The Labute approximate surface area is 106 Å². The maximum absolute atomic E-state index is 3.32. The number of hydrogen-bond donors (Lipinski definition) is 1. The van der Waals surface area contributed by atoms with Gasteiger partial charge in [-0.15, -0.1) is 0 Å². The minimum atomic E-state index is 0.473. The Morgan fingerprint density at radius 1 is 1.18 bits per heavy atom. The molecule has 0 aromatic heterocycles. The van der Waals surface area contributed by atoms with Crippen molar-refractivity contribution in [2.24, 2.45) is 0 Å². The molecule has 1 aromatic carbocycles. The lowest BCUT2D eigenvalue weighted by molar-refractivity contribution is 0.152. The fourth-order valence-corrected chi connectivity index (χ4v) is 2.33. The van der Waals surface area contributed by atoms with Gasteiger partial charge in [0, 0.05) is 18.6 Å². The van der Waals surface area contributed by atoms with E-state index in [0.717, 1.165) is 13.1 Å². The first-order valence-corrected chi connectivity index (χ1v) is 6.66. The van der Waals surface area contributed by atoms with Crippen LogP contribution >= 0.6 is 0 Å². The number of nitrogens with one attached hydrogen (secondary N) is 1. The van der Waals surface area contributed by atoms with Crippen LogP contribution in [0.15, 0.2) is 30.3 Å². The van der Waals surface area contributed by atoms with Gasteiger partial charge in [0.25, 0.3) is 0 Å². The van der Waals surface area contributed by atoms with E-state index in [1.165, 1.54) is 12.0 Å². The van der Waals surface area contributed by atoms with Crippen LogP contribution in [0.5, 0.6) is 0 Å². The van der Waals surface area contributed by atoms with Crippen LogP contribution in [-0.2, 0) is 0 Å². The lowest BCUT2D eigenvalue weighted by Crippen LogP contribution is -2.39. The highest BCUT2D eigenvalue weighted by Crippen LogP contribution is 2.22. The van der Waals surface area contributed by atoms with E-state index in [0.29, 0.717) is 12.1 Å². The molecule has 0 radical (unpaired) electrons. The van der Waals surface area contributed by atoms with E-state index in [-0.39, 0.29) is 0 Å². The molecule has 0 bridgehead atoms. The van der Waals surface area contributed by atoms with E-state index in [1.54, 1.807) is 0 Å². The van der Waals surface area contributed by atoms with Crippen LogP contribution in [-0.4, -0.2) is 31.1 Å². The van der Waals surface area contributed by atoms with Gasteiger partial charge in [0.2, 0.25) is 0 Å². The summed E-state index contributed by atoms with van der Waals surface area (Å²) in [7, 11) is 2.03. The normalized spacial score (nSPS) is 13.3. The van der Waals surface area contributed by atoms with Crippen molar-refractivity contribution in [3.63, 3.8) is 0 Å². The van der Waals surface area contributed by atoms with Gasteiger partial charge in [-0.2, -0.15) is 0 Å². The molecule has 0 fully saturated rings. The van der Waals surface area contributed by atoms with Gasteiger partial charge in [0.05, 0.1) is 0 Å². The third-order valence-corrected chi connectivity index (χ3v) is 3.13. The Hall–Kier alpha value is -0.860. The number of likely N-dealkylation sites (N-methyl/N-ethyl adjacent to an activating group) is 1. The van der Waals surface area contributed by atoms with Crippen LogP contribution in [0.4, 0.5) is 0 Å². The van der Waals surface area contributed by atoms with Crippen molar-refractivity contribution in [1.29, 1.82) is 0 Å². The molecular formula is C15H26N2. The zero-order valence-corrected chi connectivity index (χ0v) is 11.6. The van der Waals surface area contributed by atoms with Gasteiger partial charge in [0.15, 0.2) is 0 Å². The summed E-state index contributed by atoms with van der Waals surface area (Å²) in [6.45, 7) is 8.96. The summed E-state index contributed by atoms with van der Waals surface area (Å²) in [5.74, 6) is 0. The first kappa shape index (κ1) is 14.2. The molecule has 0 aliphatic carbocycles. The molecule has 0 aliphatic rings. The molecule has 0 saturated carbocycles. The predicted molar refractivity (Wildman–Crippen MR) is 75.2 cm³/mol. The summed E-state index contributed by atoms with van der Waals surface area (Å²) in [4.78, 5) is 2.58. The highest BCUT2D eigenvalue weighted by Gasteiger charge is 2.21. The average molecular weight is 234 g/mol. The van der Waals surface area contributed by atoms with E-state index in [9.17, 15) is 0 Å². The Bertz CT molecular complexity index is 295. The first-order valence-electron chi connectivity index (χ1n) is 6.66. The molecule has 0 spiro atoms. The minimum Gasteiger partial charge on any atom is -0.318 e. The molecule has 1 aromatic rings. The summed E-state index contributed by atoms with van der Waals surface area (Å²) >= 11 is 0. The lowest BCUT2D eigenvalue weighted by atomic mass is 10.0. The van der Waals surface area contributed by atoms with Gasteiger partial charge < -0.3 is 5.32 Å². The van der Waals surface area contributed by atoms with Crippen LogP contribution in [0.1, 0.15) is 38.8 Å². The molecule has 2 heteroatoms. The quantitative estimate of drug-likeness (QED) is 0.780. The fraction of sp³-hybridized carbons (Fsp3) is 0.600. The van der Waals surface area contributed by atoms with Crippen LogP contribution in [0.25, 0.3) is 0 Å². The molecule has 1 atom stereocenters. The Kier molecular flexibility index (Phi) is 6.23. The Balaban J connectivity index is 2.89. The van der Waals surface area contributed by atoms with Crippen molar-refractivity contribution in [2.45, 2.75) is 39.3 Å². The third kappa shape index (κ3) is 4.14. The molecule has 0 amide bonds. The molecular weight excluding hydrogens is 208 g/mol. The minimum absolute atomic E-state index is 0.473. The summed E-state index contributed by atoms with van der Waals surface area (Å²) in [6.07, 6.45) is 1.20. The number of benzene rings is 1. The zero-order valence-electron chi connectivity index (χ0n) is 11.6. The van der Waals surface area contributed by atoms with Crippen LogP contribution < -0.4 is 5.32 Å². The van der Waals surface area contributed by atoms with E-state index in [1.807, 2.05) is 7.05 Å². The van der Waals surface area contributed by atoms with Crippen molar-refractivity contribution in [2.75, 3.05) is 20.1 Å². The van der Waals surface area contributed by atoms with Crippen molar-refractivity contribution < 1.29 is 0 Å². The van der Waals surface area contributed by atoms with Crippen molar-refractivity contribution in [3.8, 4) is 0 Å². The Morgan fingerprint density at radius 3 is 2.29 bits per heavy atom. The van der Waals surface area contributed by atoms with Crippen LogP contribution in [0.2, 0.25) is 0 Å². The van der Waals surface area contributed by atoms with Crippen LogP contribution in [0.3, 0.4) is 0 Å². The van der Waals surface area contributed by atoms with Gasteiger partial charge in [-0.1, -0.05) is 37.3 Å². The first-order chi connectivity index (χ1) is 8.20. The standard InChI is InChI=1S/C15H26N2/c1-5-11-17(13(2)3)15(12-16-4)14-9-7-6-8-10-14/h6-10,13,15-16H,5,11-12H2,1-4H3. The molecule has 96 valence electrons. The second-order valence-electron chi connectivity index (χ2n) is 4.82. The highest BCUT2D eigenvalue weighted by molar-refractivity contribution is 5.19. The summed E-state index contributed by atoms with van der Waals surface area (Å²) in [5, 5.41) is 3.32. The average Bonchev–Trinajstić information content (AvgIpc) is 2.34. The van der Waals surface area contributed by atoms with Gasteiger partial charge >= 0.3 is 0 Å². The summed E-state index contributed by atoms with van der Waals surface area (Å²) in [5.41, 5.74) is 1.41. The molecule has 1 rings (SSSR count). The molecule has 0 saturated heterocycles. The second-order valence-corrected chi connectivity index (χ2v) is 4.82. The highest BCUT2D eigenvalue weighted by atomic mass is 15.2. The maximum Gasteiger partial charge on any atom is 0.0475 e. The summed E-state index contributed by atoms with van der Waals surface area (Å²) in [6, 6.07) is 11.8. The SMILES string of the molecule is CCCN(C(C)C)C(CNC)c1ccccc1. The van der Waals surface area contributed by atoms with Gasteiger partial charge in [-0.3, -0.25) is 4.90 Å². The van der Waals surface area contributed by atoms with Gasteiger partial charge in [-0.25, -0.2) is 0 Å². The molecule has 1 N–H and O–H groups in total. The van der Waals surface area contributed by atoms with Crippen molar-refractivity contribution >= 4 is 0 Å². The summed E-state index contributed by atoms with van der Waals surface area (Å²) < 4.78 is 0. The third-order valence-electron chi connectivity index (χ3n) is 3.13. The smallest absolute Gasteiger partial charge is 0.0475 e. The van der Waals surface area contributed by atoms with E-state index in [2.05, 4.69) is 61.3 Å². The Morgan fingerprint density at radius 2 is 1.82 bits per heavy atom. The molecule has 17 heavy (non-hydrogen) atoms. The van der Waals surface area contributed by atoms with E-state index < -0.39 is 0 Å². The number of rotatable bonds is 7. The second kappa shape index (κ2) is 7.46. The molecule has 1 unspecified atom stereocenters. The monoisotopic (exact) mass is 234 g/mol. The topological polar surface area (TPSA) is 15.3 Å². The fourth-order valence-electron chi connectivity index (χ4n) is 2.33.